The first-order valence-electron chi connectivity index (χ1n) is 8.95. The summed E-state index contributed by atoms with van der Waals surface area (Å²) in [5.41, 5.74) is 2.17. The zero-order valence-electron chi connectivity index (χ0n) is 15.0. The SMILES string of the molecule is N#Cc1cc(OCc2ccccc2)cc2c1C(=O)N(C1CCC(=O)NC1=O)C2. The Kier molecular flexibility index (Phi) is 4.53. The fourth-order valence-electron chi connectivity index (χ4n) is 3.59. The average Bonchev–Trinajstić information content (AvgIpc) is 3.03. The van der Waals surface area contributed by atoms with Crippen LogP contribution in [0.3, 0.4) is 0 Å². The largest absolute Gasteiger partial charge is 0.489 e. The van der Waals surface area contributed by atoms with Gasteiger partial charge in [0, 0.05) is 13.0 Å². The van der Waals surface area contributed by atoms with Crippen molar-refractivity contribution in [2.24, 2.45) is 0 Å². The molecule has 0 bridgehead atoms. The number of rotatable bonds is 4. The number of hydrogen-bond donors (Lipinski definition) is 1. The Hall–Kier alpha value is -3.66. The molecule has 1 saturated heterocycles. The van der Waals surface area contributed by atoms with E-state index >= 15 is 0 Å². The topological polar surface area (TPSA) is 99.5 Å². The molecule has 3 amide bonds. The highest BCUT2D eigenvalue weighted by molar-refractivity contribution is 6.06. The number of nitrogens with one attached hydrogen (secondary N) is 1. The van der Waals surface area contributed by atoms with Crippen molar-refractivity contribution in [2.75, 3.05) is 0 Å². The zero-order chi connectivity index (χ0) is 19.7. The number of amides is 3. The first-order valence-corrected chi connectivity index (χ1v) is 8.95. The first kappa shape index (κ1) is 17.7. The third-order valence-corrected chi connectivity index (χ3v) is 4.96. The Balaban J connectivity index is 1.58. The summed E-state index contributed by atoms with van der Waals surface area (Å²) in [6.07, 6.45) is 0.469. The highest BCUT2D eigenvalue weighted by Gasteiger charge is 2.40. The number of ether oxygens (including phenoxy) is 1. The van der Waals surface area contributed by atoms with Crippen molar-refractivity contribution in [3.63, 3.8) is 0 Å². The van der Waals surface area contributed by atoms with Crippen LogP contribution in [0.25, 0.3) is 0 Å². The first-order chi connectivity index (χ1) is 13.6. The van der Waals surface area contributed by atoms with Gasteiger partial charge in [-0.25, -0.2) is 0 Å². The molecule has 7 nitrogen and oxygen atoms in total. The van der Waals surface area contributed by atoms with Crippen LogP contribution in [0.5, 0.6) is 5.75 Å². The molecular weight excluding hydrogens is 358 g/mol. The van der Waals surface area contributed by atoms with E-state index in [9.17, 15) is 19.6 Å². The van der Waals surface area contributed by atoms with Crippen LogP contribution in [0.4, 0.5) is 0 Å². The summed E-state index contributed by atoms with van der Waals surface area (Å²) >= 11 is 0. The maximum Gasteiger partial charge on any atom is 0.256 e. The third kappa shape index (κ3) is 3.21. The predicted molar refractivity (Wildman–Crippen MR) is 98.0 cm³/mol. The van der Waals surface area contributed by atoms with Crippen molar-refractivity contribution in [3.05, 3.63) is 64.7 Å². The lowest BCUT2D eigenvalue weighted by Gasteiger charge is -2.29. The Morgan fingerprint density at radius 1 is 1.18 bits per heavy atom. The highest BCUT2D eigenvalue weighted by atomic mass is 16.5. The number of benzene rings is 2. The highest BCUT2D eigenvalue weighted by Crippen LogP contribution is 2.33. The second kappa shape index (κ2) is 7.16. The van der Waals surface area contributed by atoms with Crippen LogP contribution >= 0.6 is 0 Å². The van der Waals surface area contributed by atoms with Gasteiger partial charge in [0.15, 0.2) is 0 Å². The summed E-state index contributed by atoms with van der Waals surface area (Å²) in [6, 6.07) is 14.3. The minimum atomic E-state index is -0.710. The van der Waals surface area contributed by atoms with E-state index in [0.717, 1.165) is 5.56 Å². The molecule has 0 saturated carbocycles. The molecule has 28 heavy (non-hydrogen) atoms. The van der Waals surface area contributed by atoms with Crippen molar-refractivity contribution in [1.82, 2.24) is 10.2 Å². The molecule has 2 heterocycles. The average molecular weight is 375 g/mol. The summed E-state index contributed by atoms with van der Waals surface area (Å²) < 4.78 is 5.81. The van der Waals surface area contributed by atoms with Crippen molar-refractivity contribution in [3.8, 4) is 11.8 Å². The maximum absolute atomic E-state index is 12.9. The van der Waals surface area contributed by atoms with E-state index in [2.05, 4.69) is 11.4 Å². The lowest BCUT2D eigenvalue weighted by molar-refractivity contribution is -0.136. The summed E-state index contributed by atoms with van der Waals surface area (Å²) in [5.74, 6) is -0.677. The predicted octanol–water partition coefficient (Wildman–Crippen LogP) is 1.90. The van der Waals surface area contributed by atoms with Crippen LogP contribution in [0.15, 0.2) is 42.5 Å². The van der Waals surface area contributed by atoms with Crippen molar-refractivity contribution in [2.45, 2.75) is 32.0 Å². The monoisotopic (exact) mass is 375 g/mol. The summed E-state index contributed by atoms with van der Waals surface area (Å²) in [7, 11) is 0. The van der Waals surface area contributed by atoms with Crippen molar-refractivity contribution < 1.29 is 19.1 Å². The van der Waals surface area contributed by atoms with E-state index < -0.39 is 11.9 Å². The molecule has 2 aliphatic heterocycles. The molecule has 1 unspecified atom stereocenters. The summed E-state index contributed by atoms with van der Waals surface area (Å²) in [4.78, 5) is 37.8. The summed E-state index contributed by atoms with van der Waals surface area (Å²) in [5, 5.41) is 11.8. The number of nitriles is 1. The number of hydrogen-bond acceptors (Lipinski definition) is 5. The number of fused-ring (bicyclic) bond motifs is 1. The molecule has 7 heteroatoms. The van der Waals surface area contributed by atoms with Crippen molar-refractivity contribution >= 4 is 17.7 Å². The van der Waals surface area contributed by atoms with Gasteiger partial charge in [-0.3, -0.25) is 19.7 Å². The Morgan fingerprint density at radius 3 is 2.68 bits per heavy atom. The van der Waals surface area contributed by atoms with E-state index in [4.69, 9.17) is 4.74 Å². The van der Waals surface area contributed by atoms with Gasteiger partial charge < -0.3 is 9.64 Å². The standard InChI is InChI=1S/C21H17N3O4/c22-10-14-8-16(28-12-13-4-2-1-3-5-13)9-15-11-24(21(27)19(14)15)17-6-7-18(25)23-20(17)26/h1-5,8-9,17H,6-7,11-12H2,(H,23,25,26). The number of carbonyl (C=O) groups is 3. The van der Waals surface area contributed by atoms with Gasteiger partial charge in [0.05, 0.1) is 11.1 Å². The second-order valence-corrected chi connectivity index (χ2v) is 6.79. The molecule has 1 N–H and O–H groups in total. The van der Waals surface area contributed by atoms with Gasteiger partial charge in [-0.2, -0.15) is 5.26 Å². The molecule has 0 aliphatic carbocycles. The zero-order valence-corrected chi connectivity index (χ0v) is 15.0. The molecular formula is C21H17N3O4. The minimum Gasteiger partial charge on any atom is -0.489 e. The van der Waals surface area contributed by atoms with Gasteiger partial charge in [0.2, 0.25) is 11.8 Å². The van der Waals surface area contributed by atoms with E-state index in [0.29, 0.717) is 23.5 Å². The molecule has 140 valence electrons. The number of nitrogens with zero attached hydrogens (tertiary/aromatic N) is 2. The summed E-state index contributed by atoms with van der Waals surface area (Å²) in [6.45, 7) is 0.549. The van der Waals surface area contributed by atoms with E-state index in [1.54, 1.807) is 12.1 Å². The van der Waals surface area contributed by atoms with Gasteiger partial charge in [-0.05, 0) is 29.7 Å². The Morgan fingerprint density at radius 2 is 1.96 bits per heavy atom. The lowest BCUT2D eigenvalue weighted by atomic mass is 10.0. The van der Waals surface area contributed by atoms with E-state index in [1.807, 2.05) is 30.3 Å². The minimum absolute atomic E-state index is 0.188. The fourth-order valence-corrected chi connectivity index (χ4v) is 3.59. The number of imide groups is 1. The van der Waals surface area contributed by atoms with Crippen LogP contribution in [-0.2, 0) is 22.7 Å². The van der Waals surface area contributed by atoms with Gasteiger partial charge >= 0.3 is 0 Å². The maximum atomic E-state index is 12.9. The number of carbonyl (C=O) groups excluding carboxylic acids is 3. The van der Waals surface area contributed by atoms with E-state index in [-0.39, 0.29) is 36.8 Å². The molecule has 0 spiro atoms. The second-order valence-electron chi connectivity index (χ2n) is 6.79. The molecule has 1 fully saturated rings. The van der Waals surface area contributed by atoms with E-state index in [1.165, 1.54) is 4.90 Å². The molecule has 2 aromatic carbocycles. The van der Waals surface area contributed by atoms with Crippen LogP contribution in [0, 0.1) is 11.3 Å². The van der Waals surface area contributed by atoms with Gasteiger partial charge in [-0.1, -0.05) is 30.3 Å². The number of piperidine rings is 1. The Bertz CT molecular complexity index is 1010. The molecule has 2 aromatic rings. The Labute approximate surface area is 161 Å². The third-order valence-electron chi connectivity index (χ3n) is 4.96. The van der Waals surface area contributed by atoms with Crippen molar-refractivity contribution in [1.29, 1.82) is 5.26 Å². The van der Waals surface area contributed by atoms with Gasteiger partial charge in [-0.15, -0.1) is 0 Å². The lowest BCUT2D eigenvalue weighted by Crippen LogP contribution is -2.52. The van der Waals surface area contributed by atoms with Crippen LogP contribution in [-0.4, -0.2) is 28.7 Å². The van der Waals surface area contributed by atoms with Crippen LogP contribution in [0.1, 0.15) is 39.9 Å². The van der Waals surface area contributed by atoms with Gasteiger partial charge in [0.1, 0.15) is 24.5 Å². The van der Waals surface area contributed by atoms with Gasteiger partial charge in [0.25, 0.3) is 5.91 Å². The molecule has 1 atom stereocenters. The molecule has 4 rings (SSSR count). The molecule has 0 aromatic heterocycles. The molecule has 2 aliphatic rings. The van der Waals surface area contributed by atoms with Crippen LogP contribution < -0.4 is 10.1 Å². The fraction of sp³-hybridized carbons (Fsp3) is 0.238. The smallest absolute Gasteiger partial charge is 0.256 e. The van der Waals surface area contributed by atoms with Crippen LogP contribution in [0.2, 0.25) is 0 Å². The molecule has 0 radical (unpaired) electrons. The quantitative estimate of drug-likeness (QED) is 0.823. The normalized spacial score (nSPS) is 18.5.